The van der Waals surface area contributed by atoms with Gasteiger partial charge in [0.2, 0.25) is 0 Å². The Hall–Kier alpha value is -2.95. The van der Waals surface area contributed by atoms with Crippen LogP contribution in [0.2, 0.25) is 0 Å². The summed E-state index contributed by atoms with van der Waals surface area (Å²) in [5.74, 6) is -1.56. The molecule has 2 amide bonds. The fraction of sp³-hybridized carbons (Fsp3) is 0.167. The van der Waals surface area contributed by atoms with E-state index in [4.69, 9.17) is 0 Å². The number of benzene rings is 2. The van der Waals surface area contributed by atoms with Gasteiger partial charge in [-0.15, -0.1) is 0 Å². The second-order valence-electron chi connectivity index (χ2n) is 5.38. The smallest absolute Gasteiger partial charge is 0.317 e. The fourth-order valence-corrected chi connectivity index (χ4v) is 1.92. The molecule has 0 radical (unpaired) electrons. The van der Waals surface area contributed by atoms with Gasteiger partial charge in [-0.25, -0.2) is 5.43 Å². The number of carbonyl (C=O) groups excluding carboxylic acids is 2. The number of hydrogen-bond donors (Lipinski definition) is 2. The third-order valence-corrected chi connectivity index (χ3v) is 3.30. The Morgan fingerprint density at radius 2 is 1.57 bits per heavy atom. The van der Waals surface area contributed by atoms with E-state index in [0.717, 1.165) is 22.3 Å². The first kappa shape index (κ1) is 16.4. The highest BCUT2D eigenvalue weighted by atomic mass is 16.2. The summed E-state index contributed by atoms with van der Waals surface area (Å²) in [6.07, 6.45) is 1.49. The van der Waals surface area contributed by atoms with Crippen LogP contribution in [-0.4, -0.2) is 18.0 Å². The molecule has 0 aromatic heterocycles. The van der Waals surface area contributed by atoms with Gasteiger partial charge in [-0.3, -0.25) is 9.59 Å². The molecule has 2 aromatic rings. The fourth-order valence-electron chi connectivity index (χ4n) is 1.92. The molecule has 0 aliphatic heterocycles. The Morgan fingerprint density at radius 1 is 0.913 bits per heavy atom. The van der Waals surface area contributed by atoms with Gasteiger partial charge in [0.1, 0.15) is 0 Å². The zero-order valence-corrected chi connectivity index (χ0v) is 13.4. The molecule has 0 aliphatic rings. The van der Waals surface area contributed by atoms with Crippen molar-refractivity contribution < 1.29 is 9.59 Å². The van der Waals surface area contributed by atoms with E-state index in [0.29, 0.717) is 5.69 Å². The van der Waals surface area contributed by atoms with Crippen molar-refractivity contribution in [2.24, 2.45) is 5.10 Å². The molecule has 0 bridgehead atoms. The molecule has 2 aromatic carbocycles. The number of aryl methyl sites for hydroxylation is 3. The summed E-state index contributed by atoms with van der Waals surface area (Å²) in [6, 6.07) is 13.3. The van der Waals surface area contributed by atoms with E-state index < -0.39 is 11.8 Å². The van der Waals surface area contributed by atoms with Crippen LogP contribution in [0.15, 0.2) is 47.6 Å². The van der Waals surface area contributed by atoms with E-state index in [1.54, 1.807) is 0 Å². The molecule has 0 atom stereocenters. The summed E-state index contributed by atoms with van der Waals surface area (Å²) >= 11 is 0. The average molecular weight is 309 g/mol. The minimum Gasteiger partial charge on any atom is -0.317 e. The van der Waals surface area contributed by atoms with Crippen LogP contribution in [0.5, 0.6) is 0 Å². The minimum absolute atomic E-state index is 0.618. The molecule has 2 rings (SSSR count). The van der Waals surface area contributed by atoms with Crippen molar-refractivity contribution in [3.8, 4) is 0 Å². The minimum atomic E-state index is -0.811. The molecule has 5 heteroatoms. The second-order valence-corrected chi connectivity index (χ2v) is 5.38. The average Bonchev–Trinajstić information content (AvgIpc) is 2.52. The Morgan fingerprint density at radius 3 is 2.26 bits per heavy atom. The first-order valence-electron chi connectivity index (χ1n) is 7.24. The van der Waals surface area contributed by atoms with E-state index in [9.17, 15) is 9.59 Å². The molecule has 23 heavy (non-hydrogen) atoms. The molecule has 0 saturated carbocycles. The lowest BCUT2D eigenvalue weighted by Crippen LogP contribution is -2.32. The van der Waals surface area contributed by atoms with Crippen LogP contribution in [-0.2, 0) is 9.59 Å². The monoisotopic (exact) mass is 309 g/mol. The number of hydrazone groups is 1. The summed E-state index contributed by atoms with van der Waals surface area (Å²) in [7, 11) is 0. The molecule has 0 heterocycles. The third kappa shape index (κ3) is 4.78. The van der Waals surface area contributed by atoms with Gasteiger partial charge in [0.05, 0.1) is 6.21 Å². The van der Waals surface area contributed by atoms with E-state index in [1.165, 1.54) is 6.21 Å². The van der Waals surface area contributed by atoms with Gasteiger partial charge in [-0.2, -0.15) is 5.10 Å². The maximum atomic E-state index is 11.9. The van der Waals surface area contributed by atoms with Crippen molar-refractivity contribution in [1.82, 2.24) is 5.43 Å². The van der Waals surface area contributed by atoms with E-state index >= 15 is 0 Å². The maximum Gasteiger partial charge on any atom is 0.329 e. The quantitative estimate of drug-likeness (QED) is 0.520. The number of amides is 2. The second kappa shape index (κ2) is 7.35. The van der Waals surface area contributed by atoms with Crippen molar-refractivity contribution >= 4 is 23.7 Å². The van der Waals surface area contributed by atoms with Crippen molar-refractivity contribution in [3.05, 3.63) is 64.7 Å². The molecule has 0 spiro atoms. The zero-order valence-electron chi connectivity index (χ0n) is 13.4. The summed E-state index contributed by atoms with van der Waals surface area (Å²) < 4.78 is 0. The van der Waals surface area contributed by atoms with Gasteiger partial charge in [0, 0.05) is 5.69 Å². The summed E-state index contributed by atoms with van der Waals surface area (Å²) in [6.45, 7) is 5.77. The van der Waals surface area contributed by atoms with Crippen LogP contribution in [0.4, 0.5) is 5.69 Å². The maximum absolute atomic E-state index is 11.9. The Labute approximate surface area is 135 Å². The van der Waals surface area contributed by atoms with Crippen LogP contribution >= 0.6 is 0 Å². The molecule has 2 N–H and O–H groups in total. The summed E-state index contributed by atoms with van der Waals surface area (Å²) in [4.78, 5) is 23.6. The van der Waals surface area contributed by atoms with Gasteiger partial charge in [0.15, 0.2) is 0 Å². The van der Waals surface area contributed by atoms with Crippen molar-refractivity contribution in [1.29, 1.82) is 0 Å². The topological polar surface area (TPSA) is 70.6 Å². The number of hydrogen-bond acceptors (Lipinski definition) is 3. The first-order chi connectivity index (χ1) is 11.0. The molecule has 118 valence electrons. The molecule has 0 saturated heterocycles. The van der Waals surface area contributed by atoms with Crippen molar-refractivity contribution in [2.75, 3.05) is 5.32 Å². The highest BCUT2D eigenvalue weighted by Crippen LogP contribution is 2.16. The molecule has 0 unspecified atom stereocenters. The van der Waals surface area contributed by atoms with E-state index in [-0.39, 0.29) is 0 Å². The largest absolute Gasteiger partial charge is 0.329 e. The highest BCUT2D eigenvalue weighted by molar-refractivity contribution is 6.39. The number of anilines is 1. The Balaban J connectivity index is 1.93. The van der Waals surface area contributed by atoms with Crippen LogP contribution in [0.3, 0.4) is 0 Å². The lowest BCUT2D eigenvalue weighted by atomic mass is 10.1. The lowest BCUT2D eigenvalue weighted by molar-refractivity contribution is -0.136. The zero-order chi connectivity index (χ0) is 16.8. The van der Waals surface area contributed by atoms with Gasteiger partial charge in [-0.1, -0.05) is 42.0 Å². The van der Waals surface area contributed by atoms with Crippen molar-refractivity contribution in [2.45, 2.75) is 20.8 Å². The predicted octanol–water partition coefficient (Wildman–Crippen LogP) is 2.70. The first-order valence-corrected chi connectivity index (χ1v) is 7.24. The van der Waals surface area contributed by atoms with Gasteiger partial charge >= 0.3 is 11.8 Å². The Bertz CT molecular complexity index is 749. The molecule has 0 aliphatic carbocycles. The molecular weight excluding hydrogens is 290 g/mol. The van der Waals surface area contributed by atoms with Crippen LogP contribution < -0.4 is 10.7 Å². The molecular formula is C18H19N3O2. The van der Waals surface area contributed by atoms with Crippen LogP contribution in [0.1, 0.15) is 22.3 Å². The van der Waals surface area contributed by atoms with E-state index in [1.807, 2.05) is 63.2 Å². The van der Waals surface area contributed by atoms with Gasteiger partial charge in [-0.05, 0) is 43.5 Å². The van der Waals surface area contributed by atoms with E-state index in [2.05, 4.69) is 15.8 Å². The van der Waals surface area contributed by atoms with Crippen LogP contribution in [0, 0.1) is 20.8 Å². The number of nitrogens with zero attached hydrogens (tertiary/aromatic N) is 1. The number of rotatable bonds is 3. The van der Waals surface area contributed by atoms with Crippen molar-refractivity contribution in [3.63, 3.8) is 0 Å². The van der Waals surface area contributed by atoms with Gasteiger partial charge in [0.25, 0.3) is 0 Å². The normalized spacial score (nSPS) is 10.6. The van der Waals surface area contributed by atoms with Crippen LogP contribution in [0.25, 0.3) is 0 Å². The standard InChI is InChI=1S/C18H19N3O2/c1-12-5-8-15(9-6-12)11-19-21-18(23)17(22)20-16-10-13(2)4-7-14(16)3/h4-11H,1-3H3,(H,20,22)(H,21,23)/b19-11-. The lowest BCUT2D eigenvalue weighted by Gasteiger charge is -2.08. The number of carbonyl (C=O) groups is 2. The highest BCUT2D eigenvalue weighted by Gasteiger charge is 2.13. The molecule has 0 fully saturated rings. The van der Waals surface area contributed by atoms with Gasteiger partial charge < -0.3 is 5.32 Å². The number of nitrogens with one attached hydrogen (secondary N) is 2. The third-order valence-electron chi connectivity index (χ3n) is 3.30. The Kier molecular flexibility index (Phi) is 5.25. The predicted molar refractivity (Wildman–Crippen MR) is 91.5 cm³/mol. The summed E-state index contributed by atoms with van der Waals surface area (Å²) in [5, 5.41) is 6.37. The SMILES string of the molecule is Cc1ccc(/C=N\NC(=O)C(=O)Nc2cc(C)ccc2C)cc1. The molecule has 5 nitrogen and oxygen atoms in total. The summed E-state index contributed by atoms with van der Waals surface area (Å²) in [5.41, 5.74) is 6.71.